The third-order valence-corrected chi connectivity index (χ3v) is 1.18. The third-order valence-electron chi connectivity index (χ3n) is 1.18. The van der Waals surface area contributed by atoms with Crippen LogP contribution in [0, 0.1) is 11.8 Å². The largest absolute Gasteiger partial charge is 0.308 e. The van der Waals surface area contributed by atoms with Crippen LogP contribution in [0.3, 0.4) is 0 Å². The molecule has 1 nitrogen and oxygen atoms in total. The fraction of sp³-hybridized carbons (Fsp3) is 0.778. The summed E-state index contributed by atoms with van der Waals surface area (Å²) >= 11 is 0. The maximum absolute atomic E-state index is 3.13. The summed E-state index contributed by atoms with van der Waals surface area (Å²) in [4.78, 5) is 2.15. The maximum atomic E-state index is 3.13. The van der Waals surface area contributed by atoms with Crippen LogP contribution >= 0.6 is 0 Å². The third kappa shape index (κ3) is 7.52. The summed E-state index contributed by atoms with van der Waals surface area (Å²) in [5.41, 5.74) is 0. The Labute approximate surface area is 64.4 Å². The van der Waals surface area contributed by atoms with Crippen LogP contribution in [-0.4, -0.2) is 25.5 Å². The summed E-state index contributed by atoms with van der Waals surface area (Å²) < 4.78 is 0. The molecule has 0 aromatic carbocycles. The van der Waals surface area contributed by atoms with E-state index in [2.05, 4.69) is 37.8 Å². The van der Waals surface area contributed by atoms with Gasteiger partial charge in [-0.3, -0.25) is 0 Å². The van der Waals surface area contributed by atoms with Crippen molar-refractivity contribution in [1.29, 1.82) is 0 Å². The van der Waals surface area contributed by atoms with E-state index in [-0.39, 0.29) is 0 Å². The Morgan fingerprint density at radius 3 is 2.20 bits per heavy atom. The number of unbranched alkanes of at least 4 members (excludes halogenated alkanes) is 1. The molecule has 0 aliphatic rings. The Hall–Kier alpha value is -0.480. The van der Waals surface area contributed by atoms with Gasteiger partial charge in [0, 0.05) is 19.4 Å². The topological polar surface area (TPSA) is 3.24 Å². The van der Waals surface area contributed by atoms with E-state index in [1.54, 1.807) is 0 Å². The minimum absolute atomic E-state index is 1.01. The van der Waals surface area contributed by atoms with Gasteiger partial charge in [-0.05, 0) is 20.5 Å². The Morgan fingerprint density at radius 1 is 1.10 bits per heavy atom. The molecule has 0 heterocycles. The van der Waals surface area contributed by atoms with Crippen molar-refractivity contribution < 1.29 is 0 Å². The Balaban J connectivity index is 3.12. The molecular formula is C9H17N. The standard InChI is InChI=1S/C9H17N/c1-4-5-6-7-8-9-10(2)3/h4-5,8-9H2,1-3H3. The minimum Gasteiger partial charge on any atom is -0.308 e. The summed E-state index contributed by atoms with van der Waals surface area (Å²) in [6.45, 7) is 3.23. The van der Waals surface area contributed by atoms with Gasteiger partial charge in [-0.25, -0.2) is 0 Å². The van der Waals surface area contributed by atoms with E-state index in [1.807, 2.05) is 0 Å². The molecule has 0 radical (unpaired) electrons. The van der Waals surface area contributed by atoms with Gasteiger partial charge in [0.05, 0.1) is 0 Å². The molecular weight excluding hydrogens is 122 g/mol. The van der Waals surface area contributed by atoms with Crippen molar-refractivity contribution in [3.8, 4) is 11.8 Å². The molecule has 0 aliphatic heterocycles. The predicted molar refractivity (Wildman–Crippen MR) is 45.9 cm³/mol. The van der Waals surface area contributed by atoms with Gasteiger partial charge in [0.25, 0.3) is 0 Å². The maximum Gasteiger partial charge on any atom is 0.0216 e. The highest BCUT2D eigenvalue weighted by Crippen LogP contribution is 1.84. The van der Waals surface area contributed by atoms with Gasteiger partial charge in [0.2, 0.25) is 0 Å². The lowest BCUT2D eigenvalue weighted by Crippen LogP contribution is -2.11. The highest BCUT2D eigenvalue weighted by Gasteiger charge is 1.83. The normalized spacial score (nSPS) is 9.20. The van der Waals surface area contributed by atoms with Gasteiger partial charge < -0.3 is 4.90 Å². The van der Waals surface area contributed by atoms with Gasteiger partial charge >= 0.3 is 0 Å². The van der Waals surface area contributed by atoms with Crippen molar-refractivity contribution in [3.05, 3.63) is 0 Å². The van der Waals surface area contributed by atoms with Gasteiger partial charge in [-0.2, -0.15) is 0 Å². The first kappa shape index (κ1) is 9.52. The molecule has 0 aromatic heterocycles. The first-order valence-electron chi connectivity index (χ1n) is 3.87. The molecule has 10 heavy (non-hydrogen) atoms. The zero-order chi connectivity index (χ0) is 7.82. The molecule has 0 spiro atoms. The summed E-state index contributed by atoms with van der Waals surface area (Å²) in [6.07, 6.45) is 3.23. The smallest absolute Gasteiger partial charge is 0.0216 e. The molecule has 1 heteroatoms. The molecule has 58 valence electrons. The van der Waals surface area contributed by atoms with Crippen molar-refractivity contribution in [1.82, 2.24) is 4.90 Å². The Morgan fingerprint density at radius 2 is 1.70 bits per heavy atom. The van der Waals surface area contributed by atoms with E-state index in [0.29, 0.717) is 0 Å². The average Bonchev–Trinajstić information content (AvgIpc) is 1.87. The lowest BCUT2D eigenvalue weighted by molar-refractivity contribution is 0.419. The lowest BCUT2D eigenvalue weighted by atomic mass is 10.3. The monoisotopic (exact) mass is 139 g/mol. The van der Waals surface area contributed by atoms with E-state index in [4.69, 9.17) is 0 Å². The molecule has 0 fully saturated rings. The molecule has 0 aliphatic carbocycles. The lowest BCUT2D eigenvalue weighted by Gasteiger charge is -2.03. The van der Waals surface area contributed by atoms with E-state index in [0.717, 1.165) is 19.4 Å². The zero-order valence-electron chi connectivity index (χ0n) is 7.28. The SMILES string of the molecule is CCCC#CCCN(C)C. The van der Waals surface area contributed by atoms with Gasteiger partial charge in [0.15, 0.2) is 0 Å². The van der Waals surface area contributed by atoms with Gasteiger partial charge in [0.1, 0.15) is 0 Å². The molecule has 0 aromatic rings. The van der Waals surface area contributed by atoms with Crippen molar-refractivity contribution >= 4 is 0 Å². The molecule has 0 rings (SSSR count). The molecule has 0 atom stereocenters. The zero-order valence-corrected chi connectivity index (χ0v) is 7.28. The summed E-state index contributed by atoms with van der Waals surface area (Å²) in [6, 6.07) is 0. The van der Waals surface area contributed by atoms with Crippen LogP contribution in [0.1, 0.15) is 26.2 Å². The van der Waals surface area contributed by atoms with Crippen LogP contribution < -0.4 is 0 Å². The fourth-order valence-electron chi connectivity index (χ4n) is 0.581. The second-order valence-electron chi connectivity index (χ2n) is 2.66. The quantitative estimate of drug-likeness (QED) is 0.538. The van der Waals surface area contributed by atoms with Crippen LogP contribution in [0.5, 0.6) is 0 Å². The molecule has 0 bridgehead atoms. The highest BCUT2D eigenvalue weighted by atomic mass is 15.0. The summed E-state index contributed by atoms with van der Waals surface area (Å²) in [5.74, 6) is 6.24. The van der Waals surface area contributed by atoms with Crippen molar-refractivity contribution in [2.45, 2.75) is 26.2 Å². The summed E-state index contributed by atoms with van der Waals surface area (Å²) in [7, 11) is 4.14. The molecule has 0 saturated carbocycles. The number of nitrogens with zero attached hydrogens (tertiary/aromatic N) is 1. The van der Waals surface area contributed by atoms with Crippen LogP contribution in [0.4, 0.5) is 0 Å². The van der Waals surface area contributed by atoms with Crippen LogP contribution in [-0.2, 0) is 0 Å². The second-order valence-corrected chi connectivity index (χ2v) is 2.66. The Bertz CT molecular complexity index is 116. The molecule has 0 N–H and O–H groups in total. The predicted octanol–water partition coefficient (Wildman–Crippen LogP) is 1.74. The first-order valence-corrected chi connectivity index (χ1v) is 3.87. The van der Waals surface area contributed by atoms with Crippen LogP contribution in [0.25, 0.3) is 0 Å². The van der Waals surface area contributed by atoms with Crippen molar-refractivity contribution in [2.24, 2.45) is 0 Å². The van der Waals surface area contributed by atoms with E-state index in [9.17, 15) is 0 Å². The van der Waals surface area contributed by atoms with E-state index in [1.165, 1.54) is 6.42 Å². The summed E-state index contributed by atoms with van der Waals surface area (Å²) in [5, 5.41) is 0. The van der Waals surface area contributed by atoms with Crippen LogP contribution in [0.2, 0.25) is 0 Å². The Kier molecular flexibility index (Phi) is 6.32. The van der Waals surface area contributed by atoms with Gasteiger partial charge in [-0.1, -0.05) is 6.92 Å². The molecule has 0 saturated heterocycles. The van der Waals surface area contributed by atoms with Crippen molar-refractivity contribution in [2.75, 3.05) is 20.6 Å². The number of hydrogen-bond acceptors (Lipinski definition) is 1. The molecule has 0 unspecified atom stereocenters. The first-order chi connectivity index (χ1) is 4.77. The van der Waals surface area contributed by atoms with Crippen molar-refractivity contribution in [3.63, 3.8) is 0 Å². The minimum atomic E-state index is 1.01. The molecule has 0 amide bonds. The highest BCUT2D eigenvalue weighted by molar-refractivity contribution is 4.98. The van der Waals surface area contributed by atoms with Crippen LogP contribution in [0.15, 0.2) is 0 Å². The van der Waals surface area contributed by atoms with E-state index < -0.39 is 0 Å². The fourth-order valence-corrected chi connectivity index (χ4v) is 0.581. The second kappa shape index (κ2) is 6.64. The number of hydrogen-bond donors (Lipinski definition) is 0. The van der Waals surface area contributed by atoms with E-state index >= 15 is 0 Å². The van der Waals surface area contributed by atoms with Gasteiger partial charge in [-0.15, -0.1) is 11.8 Å². The number of rotatable bonds is 3. The average molecular weight is 139 g/mol.